The summed E-state index contributed by atoms with van der Waals surface area (Å²) in [5.74, 6) is 1.31. The van der Waals surface area contributed by atoms with Crippen molar-refractivity contribution in [2.45, 2.75) is 74.8 Å². The molecule has 0 aliphatic carbocycles. The monoisotopic (exact) mass is 675 g/mol. The summed E-state index contributed by atoms with van der Waals surface area (Å²) in [5.41, 5.74) is 8.17. The van der Waals surface area contributed by atoms with Gasteiger partial charge in [-0.3, -0.25) is 4.90 Å². The minimum Gasteiger partial charge on any atom is -0.497 e. The first-order valence-electron chi connectivity index (χ1n) is 14.2. The lowest BCUT2D eigenvalue weighted by Gasteiger charge is -2.28. The summed E-state index contributed by atoms with van der Waals surface area (Å²) < 4.78 is 6.18. The normalized spacial score (nSPS) is 12.7. The lowest BCUT2D eigenvalue weighted by Crippen LogP contribution is -2.29. The van der Waals surface area contributed by atoms with Crippen molar-refractivity contribution in [1.29, 1.82) is 5.41 Å². The summed E-state index contributed by atoms with van der Waals surface area (Å²) in [4.78, 5) is 12.9. The Kier molecular flexibility index (Phi) is 18.5. The Morgan fingerprint density at radius 2 is 1.73 bits per heavy atom. The van der Waals surface area contributed by atoms with Crippen LogP contribution in [0.2, 0.25) is 0 Å². The molecule has 2 rings (SSSR count). The average Bonchev–Trinajstić information content (AvgIpc) is 2.90. The largest absolute Gasteiger partial charge is 0.497 e. The van der Waals surface area contributed by atoms with Gasteiger partial charge in [-0.15, -0.1) is 0 Å². The molecule has 41 heavy (non-hydrogen) atoms. The van der Waals surface area contributed by atoms with E-state index in [4.69, 9.17) is 10.1 Å². The van der Waals surface area contributed by atoms with Gasteiger partial charge < -0.3 is 20.3 Å². The quantitative estimate of drug-likeness (QED) is 0.102. The highest BCUT2D eigenvalue weighted by atomic mass is 127. The number of alkyl halides is 1. The number of carbonyl (C=O) groups excluding carboxylic acids is 1. The summed E-state index contributed by atoms with van der Waals surface area (Å²) in [7, 11) is 3.79. The topological polar surface area (TPSA) is 65.4 Å². The Hall–Kier alpha value is -2.45. The first-order chi connectivity index (χ1) is 19.1. The fourth-order valence-electron chi connectivity index (χ4n) is 3.74. The van der Waals surface area contributed by atoms with Crippen molar-refractivity contribution in [3.05, 3.63) is 77.0 Å². The van der Waals surface area contributed by atoms with E-state index in [1.807, 2.05) is 32.1 Å². The second kappa shape index (κ2) is 19.6. The molecule has 2 N–H and O–H groups in total. The number of nitrogens with one attached hydrogen (secondary N) is 2. The van der Waals surface area contributed by atoms with Gasteiger partial charge in [-0.25, -0.2) is 0 Å². The minimum atomic E-state index is 0.336. The van der Waals surface area contributed by atoms with E-state index < -0.39 is 0 Å². The SMILES string of the molecule is C=C(C)Nc1cc(/C(C=N)=C/C)cc(C)c1C.CC(C)(C)C.COc1ccc(C(C)N(C)CC(CI)CC=O)cc1. The van der Waals surface area contributed by atoms with Gasteiger partial charge in [-0.2, -0.15) is 0 Å². The number of halogens is 1. The van der Waals surface area contributed by atoms with Crippen LogP contribution in [0, 0.1) is 30.6 Å². The lowest BCUT2D eigenvalue weighted by atomic mass is 9.99. The fraction of sp³-hybridized carbons (Fsp3) is 0.486. The summed E-state index contributed by atoms with van der Waals surface area (Å²) >= 11 is 2.35. The third-order valence-corrected chi connectivity index (χ3v) is 7.51. The van der Waals surface area contributed by atoms with Crippen molar-refractivity contribution in [3.8, 4) is 5.75 Å². The standard InChI is InChI=1S/C15H22INO2.C15H20N2.C5H12/c1-12(14-4-6-15(19-3)7-5-14)17(2)11-13(10-16)8-9-18;1-6-13(9-16)14-7-11(4)12(5)15(8-14)17-10(2)3;1-5(2,3)4/h4-7,9,12-13H,8,10-11H2,1-3H3;6-9,16-17H,2H2,1,3-5H3;1-4H3/b;13-6+,16-9?;. The molecule has 0 amide bonds. The Morgan fingerprint density at radius 1 is 1.17 bits per heavy atom. The van der Waals surface area contributed by atoms with E-state index in [1.165, 1.54) is 22.9 Å². The number of aldehydes is 1. The van der Waals surface area contributed by atoms with E-state index in [0.29, 0.717) is 23.8 Å². The Bertz CT molecular complexity index is 1110. The molecule has 0 fully saturated rings. The van der Waals surface area contributed by atoms with Crippen molar-refractivity contribution >= 4 is 46.4 Å². The molecular formula is C35H54IN3O2. The second-order valence-corrected chi connectivity index (χ2v) is 13.0. The van der Waals surface area contributed by atoms with E-state index in [9.17, 15) is 4.79 Å². The van der Waals surface area contributed by atoms with Crippen molar-refractivity contribution in [2.24, 2.45) is 11.3 Å². The molecule has 0 radical (unpaired) electrons. The number of nitrogens with zero attached hydrogens (tertiary/aromatic N) is 1. The van der Waals surface area contributed by atoms with Gasteiger partial charge in [-0.1, -0.05) is 81.1 Å². The van der Waals surface area contributed by atoms with Crippen LogP contribution < -0.4 is 10.1 Å². The van der Waals surface area contributed by atoms with E-state index in [-0.39, 0.29) is 0 Å². The van der Waals surface area contributed by atoms with Crippen LogP contribution in [0.4, 0.5) is 5.69 Å². The van der Waals surface area contributed by atoms with Crippen molar-refractivity contribution in [1.82, 2.24) is 4.90 Å². The first-order valence-corrected chi connectivity index (χ1v) is 15.7. The van der Waals surface area contributed by atoms with Crippen LogP contribution in [0.3, 0.4) is 0 Å². The maximum atomic E-state index is 10.6. The van der Waals surface area contributed by atoms with Gasteiger partial charge in [0.1, 0.15) is 12.0 Å². The van der Waals surface area contributed by atoms with Crippen LogP contribution in [-0.2, 0) is 4.79 Å². The number of hydrogen-bond donors (Lipinski definition) is 2. The molecule has 0 aromatic heterocycles. The van der Waals surface area contributed by atoms with Crippen LogP contribution in [0.25, 0.3) is 5.57 Å². The lowest BCUT2D eigenvalue weighted by molar-refractivity contribution is -0.108. The van der Waals surface area contributed by atoms with Crippen LogP contribution >= 0.6 is 22.6 Å². The summed E-state index contributed by atoms with van der Waals surface area (Å²) in [6.45, 7) is 23.8. The fourth-order valence-corrected chi connectivity index (χ4v) is 4.38. The van der Waals surface area contributed by atoms with Crippen molar-refractivity contribution < 1.29 is 9.53 Å². The van der Waals surface area contributed by atoms with Gasteiger partial charge in [0.05, 0.1) is 7.11 Å². The Balaban J connectivity index is 0.000000673. The van der Waals surface area contributed by atoms with Gasteiger partial charge >= 0.3 is 0 Å². The van der Waals surface area contributed by atoms with Crippen LogP contribution in [0.1, 0.15) is 83.2 Å². The molecule has 2 aromatic carbocycles. The molecular weight excluding hydrogens is 621 g/mol. The number of benzene rings is 2. The van der Waals surface area contributed by atoms with Crippen molar-refractivity contribution in [3.63, 3.8) is 0 Å². The molecule has 0 spiro atoms. The number of ether oxygens (including phenoxy) is 1. The molecule has 0 heterocycles. The van der Waals surface area contributed by atoms with E-state index in [0.717, 1.165) is 45.5 Å². The molecule has 0 saturated heterocycles. The van der Waals surface area contributed by atoms with Crippen molar-refractivity contribution in [2.75, 3.05) is 30.4 Å². The number of rotatable bonds is 12. The van der Waals surface area contributed by atoms with E-state index in [2.05, 4.69) is 119 Å². The van der Waals surface area contributed by atoms with Gasteiger partial charge in [0, 0.05) is 41.0 Å². The van der Waals surface area contributed by atoms with Crippen LogP contribution in [0.5, 0.6) is 5.75 Å². The predicted octanol–water partition coefficient (Wildman–Crippen LogP) is 9.68. The molecule has 0 aliphatic heterocycles. The number of anilines is 1. The van der Waals surface area contributed by atoms with Gasteiger partial charge in [0.25, 0.3) is 0 Å². The summed E-state index contributed by atoms with van der Waals surface area (Å²) in [6, 6.07) is 12.7. The van der Waals surface area contributed by atoms with E-state index in [1.54, 1.807) is 7.11 Å². The van der Waals surface area contributed by atoms with E-state index >= 15 is 0 Å². The third kappa shape index (κ3) is 15.9. The molecule has 2 unspecified atom stereocenters. The maximum absolute atomic E-state index is 10.6. The zero-order valence-corrected chi connectivity index (χ0v) is 29.5. The predicted molar refractivity (Wildman–Crippen MR) is 189 cm³/mol. The van der Waals surface area contributed by atoms with Gasteiger partial charge in [0.15, 0.2) is 0 Å². The molecule has 2 aromatic rings. The molecule has 228 valence electrons. The number of hydrogen-bond acceptors (Lipinski definition) is 5. The zero-order valence-electron chi connectivity index (χ0n) is 27.3. The smallest absolute Gasteiger partial charge is 0.120 e. The molecule has 0 bridgehead atoms. The third-order valence-electron chi connectivity index (χ3n) is 6.27. The maximum Gasteiger partial charge on any atom is 0.120 e. The molecule has 0 saturated carbocycles. The number of allylic oxidation sites excluding steroid dienone is 3. The highest BCUT2D eigenvalue weighted by Crippen LogP contribution is 2.26. The minimum absolute atomic E-state index is 0.336. The first kappa shape index (κ1) is 38.5. The summed E-state index contributed by atoms with van der Waals surface area (Å²) in [5, 5.41) is 10.7. The number of aryl methyl sites for hydroxylation is 1. The van der Waals surface area contributed by atoms with Gasteiger partial charge in [-0.05, 0) is 99.0 Å². The number of methoxy groups -OCH3 is 1. The highest BCUT2D eigenvalue weighted by Gasteiger charge is 2.16. The second-order valence-electron chi connectivity index (χ2n) is 12.1. The Labute approximate surface area is 264 Å². The molecule has 5 nitrogen and oxygen atoms in total. The van der Waals surface area contributed by atoms with Crippen LogP contribution in [0.15, 0.2) is 54.8 Å². The average molecular weight is 676 g/mol. The molecule has 6 heteroatoms. The molecule has 0 aliphatic rings. The van der Waals surface area contributed by atoms with Crippen LogP contribution in [-0.4, -0.2) is 42.5 Å². The van der Waals surface area contributed by atoms with Gasteiger partial charge in [0.2, 0.25) is 0 Å². The zero-order chi connectivity index (χ0) is 31.8. The molecule has 2 atom stereocenters. The highest BCUT2D eigenvalue weighted by molar-refractivity contribution is 14.1. The Morgan fingerprint density at radius 3 is 2.15 bits per heavy atom. The summed E-state index contributed by atoms with van der Waals surface area (Å²) in [6.07, 6.45) is 4.99. The number of carbonyl (C=O) groups is 1.